The number of anilines is 1. The summed E-state index contributed by atoms with van der Waals surface area (Å²) in [6.07, 6.45) is 2.37. The maximum Gasteiger partial charge on any atom is 0.410 e. The Bertz CT molecular complexity index is 1880. The predicted molar refractivity (Wildman–Crippen MR) is 168 cm³/mol. The number of nitrogens with zero attached hydrogens (tertiary/aromatic N) is 4. The minimum absolute atomic E-state index is 0.0180. The number of hydrogen-bond acceptors (Lipinski definition) is 10. The summed E-state index contributed by atoms with van der Waals surface area (Å²) in [6.45, 7) is 3.36. The maximum absolute atomic E-state index is 13.9. The van der Waals surface area contributed by atoms with Gasteiger partial charge < -0.3 is 19.7 Å². The lowest BCUT2D eigenvalue weighted by molar-refractivity contribution is 0.153. The highest BCUT2D eigenvalue weighted by atomic mass is 35.5. The molecule has 4 heterocycles. The number of ether oxygens (including phenoxy) is 2. The molecule has 0 saturated carbocycles. The zero-order valence-corrected chi connectivity index (χ0v) is 26.5. The van der Waals surface area contributed by atoms with Gasteiger partial charge in [-0.25, -0.2) is 27.9 Å². The quantitative estimate of drug-likeness (QED) is 0.243. The molecule has 0 aliphatic carbocycles. The Morgan fingerprint density at radius 1 is 1.20 bits per heavy atom. The largest absolute Gasteiger partial charge is 0.447 e. The van der Waals surface area contributed by atoms with Gasteiger partial charge in [0, 0.05) is 42.5 Å². The van der Waals surface area contributed by atoms with Gasteiger partial charge in [0.05, 0.1) is 36.3 Å². The van der Waals surface area contributed by atoms with Crippen molar-refractivity contribution in [1.29, 1.82) is 0 Å². The van der Waals surface area contributed by atoms with E-state index in [-0.39, 0.29) is 41.1 Å². The van der Waals surface area contributed by atoms with Crippen molar-refractivity contribution >= 4 is 55.6 Å². The Balaban J connectivity index is 1.40. The van der Waals surface area contributed by atoms with E-state index in [0.717, 1.165) is 16.9 Å². The first-order valence-corrected chi connectivity index (χ1v) is 16.7. The molecule has 44 heavy (non-hydrogen) atoms. The monoisotopic (exact) mass is 658 g/mol. The third-order valence-corrected chi connectivity index (χ3v) is 11.0. The van der Waals surface area contributed by atoms with Crippen LogP contribution in [-0.2, 0) is 26.0 Å². The van der Waals surface area contributed by atoms with Gasteiger partial charge in [0.1, 0.15) is 17.4 Å². The number of fused-ring (bicyclic) bond motifs is 2. The molecular formula is C29H31ClN6O6S2. The van der Waals surface area contributed by atoms with Crippen LogP contribution in [0.15, 0.2) is 51.6 Å². The molecule has 2 N–H and O–H groups in total. The van der Waals surface area contributed by atoms with Crippen LogP contribution in [0.1, 0.15) is 24.2 Å². The van der Waals surface area contributed by atoms with Crippen molar-refractivity contribution in [2.24, 2.45) is 0 Å². The number of sulfonamides is 1. The van der Waals surface area contributed by atoms with Gasteiger partial charge in [-0.1, -0.05) is 23.7 Å². The molecule has 232 valence electrons. The zero-order valence-electron chi connectivity index (χ0n) is 24.1. The second kappa shape index (κ2) is 12.4. The fraction of sp³-hybridized carbons (Fsp3) is 0.379. The van der Waals surface area contributed by atoms with Crippen LogP contribution >= 0.6 is 22.9 Å². The standard InChI is InChI=1S/C29H31ClN6O6S2/c1-17-33-25-12-22(27-31-14-26(43-27)44(39,40)32-8-10-41-2)24(34-20-7-9-35-21(11-20)16-42-29(35)38)13-23(25)28(37)36(17)15-18-3-5-19(30)6-4-18/h3-6,12-14,20-21,32,34H,7-11,15-16H2,1-2H3/t20-,21-/m0/s1. The van der Waals surface area contributed by atoms with Crippen molar-refractivity contribution < 1.29 is 22.7 Å². The number of aryl methyl sites for hydroxylation is 1. The average molecular weight is 659 g/mol. The lowest BCUT2D eigenvalue weighted by Gasteiger charge is -2.33. The Hall–Kier alpha value is -3.56. The lowest BCUT2D eigenvalue weighted by atomic mass is 9.97. The number of hydrogen-bond donors (Lipinski definition) is 2. The molecule has 6 rings (SSSR count). The van der Waals surface area contributed by atoms with Gasteiger partial charge in [-0.15, -0.1) is 11.3 Å². The number of amides is 1. The molecule has 2 atom stereocenters. The SMILES string of the molecule is COCCNS(=O)(=O)c1cnc(-c2cc3nc(C)n(Cc4ccc(Cl)cc4)c(=O)c3cc2N[C@H]2CCN3C(=O)OC[C@@H]3C2)s1. The molecular weight excluding hydrogens is 628 g/mol. The molecule has 0 unspecified atom stereocenters. The molecule has 2 aliphatic rings. The van der Waals surface area contributed by atoms with E-state index in [2.05, 4.69) is 15.0 Å². The third kappa shape index (κ3) is 6.17. The van der Waals surface area contributed by atoms with Crippen LogP contribution in [0.3, 0.4) is 0 Å². The Morgan fingerprint density at radius 2 is 2.00 bits per heavy atom. The number of benzene rings is 2. The van der Waals surface area contributed by atoms with Crippen molar-refractivity contribution in [3.8, 4) is 10.6 Å². The van der Waals surface area contributed by atoms with Crippen molar-refractivity contribution in [3.05, 3.63) is 69.4 Å². The van der Waals surface area contributed by atoms with E-state index in [1.54, 1.807) is 40.7 Å². The number of piperidine rings is 1. The molecule has 2 aromatic carbocycles. The minimum Gasteiger partial charge on any atom is -0.447 e. The second-order valence-electron chi connectivity index (χ2n) is 10.8. The molecule has 2 aliphatic heterocycles. The van der Waals surface area contributed by atoms with Crippen molar-refractivity contribution in [3.63, 3.8) is 0 Å². The van der Waals surface area contributed by atoms with Gasteiger partial charge in [0.15, 0.2) is 4.21 Å². The van der Waals surface area contributed by atoms with Crippen LogP contribution in [-0.4, -0.2) is 79.4 Å². The van der Waals surface area contributed by atoms with Crippen LogP contribution in [0.5, 0.6) is 0 Å². The smallest absolute Gasteiger partial charge is 0.410 e. The number of nitrogens with one attached hydrogen (secondary N) is 2. The number of thiazole rings is 1. The van der Waals surface area contributed by atoms with Gasteiger partial charge in [-0.3, -0.25) is 9.36 Å². The number of methoxy groups -OCH3 is 1. The van der Waals surface area contributed by atoms with E-state index in [9.17, 15) is 18.0 Å². The number of carbonyl (C=O) groups excluding carboxylic acids is 1. The Morgan fingerprint density at radius 3 is 2.77 bits per heavy atom. The van der Waals surface area contributed by atoms with Crippen LogP contribution in [0, 0.1) is 6.92 Å². The first-order chi connectivity index (χ1) is 21.1. The average Bonchev–Trinajstić information content (AvgIpc) is 3.64. The van der Waals surface area contributed by atoms with Gasteiger partial charge in [-0.05, 0) is 49.6 Å². The number of rotatable bonds is 10. The molecule has 2 aromatic heterocycles. The summed E-state index contributed by atoms with van der Waals surface area (Å²) in [6, 6.07) is 10.8. The molecule has 0 bridgehead atoms. The fourth-order valence-electron chi connectivity index (χ4n) is 5.54. The van der Waals surface area contributed by atoms with E-state index in [1.807, 2.05) is 12.1 Å². The number of halogens is 1. The molecule has 2 saturated heterocycles. The third-order valence-electron chi connectivity index (χ3n) is 7.83. The van der Waals surface area contributed by atoms with E-state index in [4.69, 9.17) is 26.1 Å². The van der Waals surface area contributed by atoms with Crippen molar-refractivity contribution in [2.45, 2.75) is 42.6 Å². The van der Waals surface area contributed by atoms with Gasteiger partial charge in [0.2, 0.25) is 0 Å². The number of carbonyl (C=O) groups is 1. The van der Waals surface area contributed by atoms with Crippen LogP contribution < -0.4 is 15.6 Å². The topological polar surface area (TPSA) is 145 Å². The summed E-state index contributed by atoms with van der Waals surface area (Å²) in [7, 11) is -2.29. The molecule has 0 radical (unpaired) electrons. The van der Waals surface area contributed by atoms with Crippen molar-refractivity contribution in [1.82, 2.24) is 24.2 Å². The summed E-state index contributed by atoms with van der Waals surface area (Å²) in [5, 5.41) is 5.06. The van der Waals surface area contributed by atoms with E-state index in [0.29, 0.717) is 70.5 Å². The van der Waals surface area contributed by atoms with Gasteiger partial charge in [0.25, 0.3) is 15.6 Å². The molecule has 12 nitrogen and oxygen atoms in total. The Labute approximate surface area is 263 Å². The van der Waals surface area contributed by atoms with Crippen LogP contribution in [0.4, 0.5) is 10.5 Å². The van der Waals surface area contributed by atoms with E-state index >= 15 is 0 Å². The Kier molecular flexibility index (Phi) is 8.61. The summed E-state index contributed by atoms with van der Waals surface area (Å²) in [4.78, 5) is 36.9. The van der Waals surface area contributed by atoms with Crippen LogP contribution in [0.25, 0.3) is 21.5 Å². The van der Waals surface area contributed by atoms with Crippen LogP contribution in [0.2, 0.25) is 5.02 Å². The highest BCUT2D eigenvalue weighted by Gasteiger charge is 2.38. The minimum atomic E-state index is -3.79. The summed E-state index contributed by atoms with van der Waals surface area (Å²) >= 11 is 7.08. The normalized spacial score (nSPS) is 18.4. The van der Waals surface area contributed by atoms with E-state index in [1.165, 1.54) is 13.3 Å². The highest BCUT2D eigenvalue weighted by molar-refractivity contribution is 7.91. The summed E-state index contributed by atoms with van der Waals surface area (Å²) in [5.41, 5.74) is 2.44. The lowest BCUT2D eigenvalue weighted by Crippen LogP contribution is -2.45. The van der Waals surface area contributed by atoms with Gasteiger partial charge in [-0.2, -0.15) is 0 Å². The molecule has 1 amide bonds. The van der Waals surface area contributed by atoms with Crippen molar-refractivity contribution in [2.75, 3.05) is 38.7 Å². The zero-order chi connectivity index (χ0) is 31.0. The van der Waals surface area contributed by atoms with Gasteiger partial charge >= 0.3 is 6.09 Å². The molecule has 4 aromatic rings. The number of aromatic nitrogens is 3. The van der Waals surface area contributed by atoms with E-state index < -0.39 is 10.0 Å². The molecule has 2 fully saturated rings. The maximum atomic E-state index is 13.9. The fourth-order valence-corrected chi connectivity index (χ4v) is 7.89. The first kappa shape index (κ1) is 30.5. The predicted octanol–water partition coefficient (Wildman–Crippen LogP) is 3.85. The summed E-state index contributed by atoms with van der Waals surface area (Å²) in [5.74, 6) is 0.534. The highest BCUT2D eigenvalue weighted by Crippen LogP contribution is 2.37. The molecule has 15 heteroatoms. The number of cyclic esters (lactones) is 1. The summed E-state index contributed by atoms with van der Waals surface area (Å²) < 4.78 is 40.1. The molecule has 0 spiro atoms. The second-order valence-corrected chi connectivity index (χ2v) is 14.2. The first-order valence-electron chi connectivity index (χ1n) is 14.1.